The Labute approximate surface area is 380 Å². The third-order valence-electron chi connectivity index (χ3n) is 12.5. The zero-order valence-electron chi connectivity index (χ0n) is 41.8. The molecule has 0 spiro atoms. The van der Waals surface area contributed by atoms with Crippen molar-refractivity contribution in [3.05, 3.63) is 0 Å². The molecule has 0 aromatic heterocycles. The van der Waals surface area contributed by atoms with E-state index in [0.29, 0.717) is 19.3 Å². The number of carbonyl (C=O) groups excluding carboxylic acids is 3. The average molecular weight is 863 g/mol. The third-order valence-corrected chi connectivity index (χ3v) is 12.5. The molecule has 6 nitrogen and oxygen atoms in total. The van der Waals surface area contributed by atoms with Gasteiger partial charge in [-0.3, -0.25) is 14.4 Å². The smallest absolute Gasteiger partial charge is 0.306 e. The van der Waals surface area contributed by atoms with Crippen LogP contribution in [0.2, 0.25) is 0 Å². The van der Waals surface area contributed by atoms with Crippen LogP contribution in [0.3, 0.4) is 0 Å². The van der Waals surface area contributed by atoms with E-state index in [9.17, 15) is 14.4 Å². The van der Waals surface area contributed by atoms with Gasteiger partial charge in [0.05, 0.1) is 0 Å². The highest BCUT2D eigenvalue weighted by Crippen LogP contribution is 2.18. The number of hydrogen-bond donors (Lipinski definition) is 0. The Morgan fingerprint density at radius 2 is 0.541 bits per heavy atom. The van der Waals surface area contributed by atoms with Crippen LogP contribution in [0.25, 0.3) is 0 Å². The van der Waals surface area contributed by atoms with E-state index in [4.69, 9.17) is 14.2 Å². The summed E-state index contributed by atoms with van der Waals surface area (Å²) in [6.45, 7) is 11.4. The monoisotopic (exact) mass is 863 g/mol. The van der Waals surface area contributed by atoms with Crippen molar-refractivity contribution in [1.29, 1.82) is 0 Å². The molecule has 0 aliphatic heterocycles. The fraction of sp³-hybridized carbons (Fsp3) is 0.945. The first-order chi connectivity index (χ1) is 29.7. The quantitative estimate of drug-likeness (QED) is 0.0344. The summed E-state index contributed by atoms with van der Waals surface area (Å²) in [7, 11) is 0. The first kappa shape index (κ1) is 59.4. The molecule has 0 aliphatic rings. The van der Waals surface area contributed by atoms with Gasteiger partial charge in [0.15, 0.2) is 6.10 Å². The molecule has 0 bridgehead atoms. The predicted molar refractivity (Wildman–Crippen MR) is 261 cm³/mol. The van der Waals surface area contributed by atoms with Gasteiger partial charge in [0, 0.05) is 19.3 Å². The summed E-state index contributed by atoms with van der Waals surface area (Å²) in [6, 6.07) is 0. The Hall–Kier alpha value is -1.59. The fourth-order valence-electron chi connectivity index (χ4n) is 8.34. The topological polar surface area (TPSA) is 78.9 Å². The lowest BCUT2D eigenvalue weighted by atomic mass is 10.0. The van der Waals surface area contributed by atoms with Crippen molar-refractivity contribution in [3.63, 3.8) is 0 Å². The van der Waals surface area contributed by atoms with Crippen LogP contribution in [0.1, 0.15) is 304 Å². The molecule has 0 radical (unpaired) electrons. The van der Waals surface area contributed by atoms with E-state index in [-0.39, 0.29) is 31.1 Å². The summed E-state index contributed by atoms with van der Waals surface area (Å²) in [4.78, 5) is 37.9. The van der Waals surface area contributed by atoms with Crippen molar-refractivity contribution in [1.82, 2.24) is 0 Å². The van der Waals surface area contributed by atoms with E-state index in [1.54, 1.807) is 0 Å². The van der Waals surface area contributed by atoms with E-state index < -0.39 is 6.10 Å². The Balaban J connectivity index is 4.21. The van der Waals surface area contributed by atoms with Crippen molar-refractivity contribution < 1.29 is 28.6 Å². The fourth-order valence-corrected chi connectivity index (χ4v) is 8.34. The zero-order valence-corrected chi connectivity index (χ0v) is 41.8. The molecular formula is C55H106O6. The van der Waals surface area contributed by atoms with Crippen LogP contribution in [0.4, 0.5) is 0 Å². The van der Waals surface area contributed by atoms with Gasteiger partial charge in [-0.15, -0.1) is 0 Å². The van der Waals surface area contributed by atoms with Crippen LogP contribution in [0, 0.1) is 11.8 Å². The SMILES string of the molecule is CCCCCCCCCCCCCCC(=O)OC[C@@H](COC(=O)CCCCCCCCCC(C)C)OC(=O)CCCCCCCCCCCCCCCCCCCCC(C)C. The van der Waals surface area contributed by atoms with E-state index in [0.717, 1.165) is 69.6 Å². The number of hydrogen-bond acceptors (Lipinski definition) is 6. The van der Waals surface area contributed by atoms with E-state index in [1.807, 2.05) is 0 Å². The number of esters is 3. The minimum Gasteiger partial charge on any atom is -0.462 e. The molecule has 0 amide bonds. The van der Waals surface area contributed by atoms with Crippen molar-refractivity contribution in [2.75, 3.05) is 13.2 Å². The molecule has 0 aromatic carbocycles. The van der Waals surface area contributed by atoms with Crippen LogP contribution >= 0.6 is 0 Å². The van der Waals surface area contributed by atoms with Crippen LogP contribution in [0.15, 0.2) is 0 Å². The standard InChI is InChI=1S/C55H106O6/c1-6-7-8-9-10-11-12-22-25-30-35-40-45-53(56)59-48-52(49-60-54(57)46-41-36-32-27-29-34-39-44-51(4)5)61-55(58)47-42-37-31-26-23-20-18-16-14-13-15-17-19-21-24-28-33-38-43-50(2)3/h50-52H,6-49H2,1-5H3/t52-/m0/s1. The van der Waals surface area contributed by atoms with Crippen LogP contribution in [-0.2, 0) is 28.6 Å². The zero-order chi connectivity index (χ0) is 44.7. The maximum atomic E-state index is 12.8. The highest BCUT2D eigenvalue weighted by molar-refractivity contribution is 5.71. The molecule has 0 N–H and O–H groups in total. The number of rotatable bonds is 49. The van der Waals surface area contributed by atoms with Gasteiger partial charge < -0.3 is 14.2 Å². The third kappa shape index (κ3) is 49.3. The molecule has 1 atom stereocenters. The van der Waals surface area contributed by atoms with Crippen molar-refractivity contribution >= 4 is 17.9 Å². The highest BCUT2D eigenvalue weighted by Gasteiger charge is 2.19. The Morgan fingerprint density at radius 3 is 0.803 bits per heavy atom. The molecule has 0 unspecified atom stereocenters. The van der Waals surface area contributed by atoms with Gasteiger partial charge in [-0.25, -0.2) is 0 Å². The second kappa shape index (κ2) is 47.9. The van der Waals surface area contributed by atoms with Gasteiger partial charge in [-0.05, 0) is 31.1 Å². The Kier molecular flexibility index (Phi) is 46.6. The van der Waals surface area contributed by atoms with E-state index >= 15 is 0 Å². The summed E-state index contributed by atoms with van der Waals surface area (Å²) in [6.07, 6.45) is 49.6. The Morgan fingerprint density at radius 1 is 0.311 bits per heavy atom. The summed E-state index contributed by atoms with van der Waals surface area (Å²) < 4.78 is 16.8. The molecule has 362 valence electrons. The summed E-state index contributed by atoms with van der Waals surface area (Å²) in [5, 5.41) is 0. The largest absolute Gasteiger partial charge is 0.462 e. The lowest BCUT2D eigenvalue weighted by Gasteiger charge is -2.18. The number of carbonyl (C=O) groups is 3. The molecule has 0 aromatic rings. The second-order valence-corrected chi connectivity index (χ2v) is 19.8. The minimum absolute atomic E-state index is 0.0638. The summed E-state index contributed by atoms with van der Waals surface area (Å²) >= 11 is 0. The average Bonchev–Trinajstić information content (AvgIpc) is 3.23. The van der Waals surface area contributed by atoms with E-state index in [2.05, 4.69) is 34.6 Å². The molecular weight excluding hydrogens is 757 g/mol. The molecule has 0 rings (SSSR count). The molecule has 0 fully saturated rings. The van der Waals surface area contributed by atoms with Crippen molar-refractivity contribution in [3.8, 4) is 0 Å². The molecule has 6 heteroatoms. The lowest BCUT2D eigenvalue weighted by molar-refractivity contribution is -0.167. The first-order valence-electron chi connectivity index (χ1n) is 27.2. The molecule has 0 heterocycles. The van der Waals surface area contributed by atoms with Gasteiger partial charge in [0.2, 0.25) is 0 Å². The van der Waals surface area contributed by atoms with Gasteiger partial charge >= 0.3 is 17.9 Å². The normalized spacial score (nSPS) is 12.0. The summed E-state index contributed by atoms with van der Waals surface area (Å²) in [5.41, 5.74) is 0. The van der Waals surface area contributed by atoms with Gasteiger partial charge in [0.1, 0.15) is 13.2 Å². The molecule has 0 aliphatic carbocycles. The summed E-state index contributed by atoms with van der Waals surface area (Å²) in [5.74, 6) is 0.792. The lowest BCUT2D eigenvalue weighted by Crippen LogP contribution is -2.30. The van der Waals surface area contributed by atoms with Gasteiger partial charge in [0.25, 0.3) is 0 Å². The van der Waals surface area contributed by atoms with Crippen molar-refractivity contribution in [2.24, 2.45) is 11.8 Å². The van der Waals surface area contributed by atoms with Crippen LogP contribution in [0.5, 0.6) is 0 Å². The predicted octanol–water partition coefficient (Wildman–Crippen LogP) is 17.7. The Bertz CT molecular complexity index is 931. The van der Waals surface area contributed by atoms with Gasteiger partial charge in [-0.2, -0.15) is 0 Å². The van der Waals surface area contributed by atoms with Crippen molar-refractivity contribution in [2.45, 2.75) is 310 Å². The van der Waals surface area contributed by atoms with Crippen LogP contribution < -0.4 is 0 Å². The number of unbranched alkanes of at least 4 members (excludes halogenated alkanes) is 34. The van der Waals surface area contributed by atoms with Gasteiger partial charge in [-0.1, -0.05) is 266 Å². The minimum atomic E-state index is -0.762. The maximum absolute atomic E-state index is 12.8. The second-order valence-electron chi connectivity index (χ2n) is 19.8. The molecule has 0 saturated heterocycles. The maximum Gasteiger partial charge on any atom is 0.306 e. The van der Waals surface area contributed by atoms with Crippen LogP contribution in [-0.4, -0.2) is 37.2 Å². The number of ether oxygens (including phenoxy) is 3. The van der Waals surface area contributed by atoms with E-state index in [1.165, 1.54) is 193 Å². The molecule has 0 saturated carbocycles. The molecule has 61 heavy (non-hydrogen) atoms. The first-order valence-corrected chi connectivity index (χ1v) is 27.2. The highest BCUT2D eigenvalue weighted by atomic mass is 16.6.